The molecule has 1 aromatic carbocycles. The number of hydrogen-bond acceptors (Lipinski definition) is 7. The molecule has 0 fully saturated rings. The van der Waals surface area contributed by atoms with Crippen LogP contribution in [0.5, 0.6) is 5.75 Å². The first-order chi connectivity index (χ1) is 16.1. The lowest BCUT2D eigenvalue weighted by atomic mass is 10.2. The molecule has 3 aromatic rings. The Morgan fingerprint density at radius 2 is 1.88 bits per heavy atom. The van der Waals surface area contributed by atoms with Gasteiger partial charge >= 0.3 is 5.69 Å². The van der Waals surface area contributed by atoms with E-state index in [2.05, 4.69) is 20.3 Å². The summed E-state index contributed by atoms with van der Waals surface area (Å²) in [5, 5.41) is 2.69. The van der Waals surface area contributed by atoms with E-state index in [1.54, 1.807) is 26.8 Å². The van der Waals surface area contributed by atoms with Crippen LogP contribution in [0.2, 0.25) is 0 Å². The normalized spacial score (nSPS) is 11.8. The molecule has 0 aliphatic carbocycles. The van der Waals surface area contributed by atoms with E-state index in [1.165, 1.54) is 28.1 Å². The smallest absolute Gasteiger partial charge is 0.329 e. The number of aromatic nitrogens is 4. The fourth-order valence-corrected chi connectivity index (χ4v) is 5.11. The molecule has 2 heterocycles. The van der Waals surface area contributed by atoms with Crippen molar-refractivity contribution >= 4 is 32.8 Å². The van der Waals surface area contributed by atoms with Crippen molar-refractivity contribution in [2.24, 2.45) is 7.05 Å². The van der Waals surface area contributed by atoms with E-state index in [-0.39, 0.29) is 40.6 Å². The number of nitrogens with zero attached hydrogens (tertiary/aromatic N) is 3. The Bertz CT molecular complexity index is 1420. The van der Waals surface area contributed by atoms with Crippen molar-refractivity contribution in [3.63, 3.8) is 0 Å². The minimum Gasteiger partial charge on any atom is -0.492 e. The molecule has 0 radical (unpaired) electrons. The monoisotopic (exact) mass is 492 g/mol. The van der Waals surface area contributed by atoms with Crippen LogP contribution in [0.1, 0.15) is 33.0 Å². The van der Waals surface area contributed by atoms with Gasteiger partial charge in [0.05, 0.1) is 6.61 Å². The Balaban J connectivity index is 1.79. The van der Waals surface area contributed by atoms with E-state index in [4.69, 9.17) is 4.74 Å². The van der Waals surface area contributed by atoms with E-state index in [1.807, 2.05) is 0 Å². The highest BCUT2D eigenvalue weighted by molar-refractivity contribution is 7.89. The van der Waals surface area contributed by atoms with Crippen LogP contribution in [0.4, 0.5) is 5.69 Å². The predicted molar refractivity (Wildman–Crippen MR) is 127 cm³/mol. The molecule has 0 aliphatic heterocycles. The Labute approximate surface area is 196 Å². The summed E-state index contributed by atoms with van der Waals surface area (Å²) in [6.45, 7) is 6.14. The molecule has 34 heavy (non-hydrogen) atoms. The molecule has 3 N–H and O–H groups in total. The molecule has 12 nitrogen and oxygen atoms in total. The van der Waals surface area contributed by atoms with Gasteiger partial charge in [0, 0.05) is 38.7 Å². The van der Waals surface area contributed by atoms with Crippen molar-refractivity contribution in [1.82, 2.24) is 23.8 Å². The van der Waals surface area contributed by atoms with Crippen molar-refractivity contribution < 1.29 is 17.9 Å². The zero-order valence-corrected chi connectivity index (χ0v) is 20.3. The number of amides is 1. The summed E-state index contributed by atoms with van der Waals surface area (Å²) in [5.74, 6) is 0.206. The number of sulfonamides is 1. The molecule has 2 aromatic heterocycles. The molecule has 13 heteroatoms. The quantitative estimate of drug-likeness (QED) is 0.380. The number of H-pyrrole nitrogens is 2. The van der Waals surface area contributed by atoms with Crippen LogP contribution in [-0.2, 0) is 28.3 Å². The number of hydrogen-bond donors (Lipinski definition) is 3. The lowest BCUT2D eigenvalue weighted by Crippen LogP contribution is -2.31. The fourth-order valence-electron chi connectivity index (χ4n) is 3.49. The van der Waals surface area contributed by atoms with Crippen LogP contribution in [0.3, 0.4) is 0 Å². The maximum atomic E-state index is 13.1. The van der Waals surface area contributed by atoms with Crippen molar-refractivity contribution in [2.45, 2.75) is 38.5 Å². The van der Waals surface area contributed by atoms with Gasteiger partial charge in [-0.15, -0.1) is 0 Å². The third-order valence-corrected chi connectivity index (χ3v) is 7.31. The van der Waals surface area contributed by atoms with Crippen LogP contribution in [0.25, 0.3) is 11.2 Å². The fraction of sp³-hybridized carbons (Fsp3) is 0.429. The minimum absolute atomic E-state index is 0.0109. The molecular weight excluding hydrogens is 464 g/mol. The van der Waals surface area contributed by atoms with Crippen LogP contribution in [-0.4, -0.2) is 57.8 Å². The van der Waals surface area contributed by atoms with Crippen molar-refractivity contribution in [2.75, 3.05) is 25.0 Å². The zero-order chi connectivity index (χ0) is 25.0. The molecule has 0 atom stereocenters. The Hall–Kier alpha value is -3.45. The predicted octanol–water partition coefficient (Wildman–Crippen LogP) is 0.950. The first kappa shape index (κ1) is 25.2. The molecule has 184 valence electrons. The van der Waals surface area contributed by atoms with Crippen LogP contribution in [0, 0.1) is 0 Å². The van der Waals surface area contributed by atoms with E-state index in [9.17, 15) is 22.8 Å². The second kappa shape index (κ2) is 10.2. The number of benzene rings is 1. The number of aromatic amines is 2. The number of aryl methyl sites for hydroxylation is 2. The summed E-state index contributed by atoms with van der Waals surface area (Å²) in [6.07, 6.45) is 0.187. The summed E-state index contributed by atoms with van der Waals surface area (Å²) in [7, 11) is -2.33. The van der Waals surface area contributed by atoms with Crippen molar-refractivity contribution in [3.8, 4) is 5.75 Å². The first-order valence-corrected chi connectivity index (χ1v) is 12.3. The average Bonchev–Trinajstić information content (AvgIpc) is 3.23. The molecule has 0 aliphatic rings. The third kappa shape index (κ3) is 5.04. The van der Waals surface area contributed by atoms with E-state index in [0.29, 0.717) is 31.2 Å². The Morgan fingerprint density at radius 3 is 2.53 bits per heavy atom. The van der Waals surface area contributed by atoms with Gasteiger partial charge in [-0.3, -0.25) is 19.1 Å². The highest BCUT2D eigenvalue weighted by Crippen LogP contribution is 2.30. The molecule has 0 unspecified atom stereocenters. The SMILES string of the molecule is CCOc1ccc(NC(=O)CCc2nc3c([nH]2)c(=O)[nH]c(=O)n3C)cc1S(=O)(=O)N(CC)CC. The van der Waals surface area contributed by atoms with Gasteiger partial charge in [0.25, 0.3) is 5.56 Å². The Kier molecular flexibility index (Phi) is 7.57. The van der Waals surface area contributed by atoms with Crippen molar-refractivity contribution in [1.29, 1.82) is 0 Å². The maximum absolute atomic E-state index is 13.1. The van der Waals surface area contributed by atoms with Gasteiger partial charge in [0.1, 0.15) is 22.0 Å². The minimum atomic E-state index is -3.81. The maximum Gasteiger partial charge on any atom is 0.329 e. The van der Waals surface area contributed by atoms with Gasteiger partial charge < -0.3 is 15.0 Å². The summed E-state index contributed by atoms with van der Waals surface area (Å²) < 4.78 is 34.2. The average molecular weight is 493 g/mol. The van der Waals surface area contributed by atoms with Gasteiger partial charge in [0.15, 0.2) is 5.65 Å². The number of carbonyl (C=O) groups is 1. The van der Waals surface area contributed by atoms with E-state index >= 15 is 0 Å². The van der Waals surface area contributed by atoms with Gasteiger partial charge in [0.2, 0.25) is 15.9 Å². The van der Waals surface area contributed by atoms with Gasteiger partial charge in [-0.1, -0.05) is 13.8 Å². The standard InChI is InChI=1S/C21H28N6O6S/c1-5-27(6-2)34(31,32)15-12-13(8-9-14(15)33-7-3)22-17(28)11-10-16-23-18-19(24-16)26(4)21(30)25-20(18)29/h8-9,12H,5-7,10-11H2,1-4H3,(H,22,28)(H,23,24)(H,25,29,30). The van der Waals surface area contributed by atoms with Crippen LogP contribution in [0.15, 0.2) is 32.7 Å². The molecule has 1 amide bonds. The summed E-state index contributed by atoms with van der Waals surface area (Å²) in [6, 6.07) is 4.47. The van der Waals surface area contributed by atoms with E-state index < -0.39 is 21.3 Å². The molecule has 0 bridgehead atoms. The van der Waals surface area contributed by atoms with Crippen LogP contribution >= 0.6 is 0 Å². The second-order valence-corrected chi connectivity index (χ2v) is 9.34. The molecule has 0 spiro atoms. The zero-order valence-electron chi connectivity index (χ0n) is 19.5. The highest BCUT2D eigenvalue weighted by Gasteiger charge is 2.26. The van der Waals surface area contributed by atoms with Gasteiger partial charge in [-0.05, 0) is 25.1 Å². The second-order valence-electron chi connectivity index (χ2n) is 7.43. The lowest BCUT2D eigenvalue weighted by molar-refractivity contribution is -0.116. The summed E-state index contributed by atoms with van der Waals surface area (Å²) in [5.41, 5.74) is -0.517. The number of imidazole rings is 1. The van der Waals surface area contributed by atoms with Gasteiger partial charge in [-0.25, -0.2) is 18.2 Å². The van der Waals surface area contributed by atoms with Gasteiger partial charge in [-0.2, -0.15) is 4.31 Å². The van der Waals surface area contributed by atoms with E-state index in [0.717, 1.165) is 0 Å². The number of anilines is 1. The van der Waals surface area contributed by atoms with Crippen LogP contribution < -0.4 is 21.3 Å². The molecule has 3 rings (SSSR count). The lowest BCUT2D eigenvalue weighted by Gasteiger charge is -2.21. The summed E-state index contributed by atoms with van der Waals surface area (Å²) >= 11 is 0. The number of rotatable bonds is 10. The first-order valence-electron chi connectivity index (χ1n) is 10.9. The molecule has 0 saturated heterocycles. The largest absolute Gasteiger partial charge is 0.492 e. The summed E-state index contributed by atoms with van der Waals surface area (Å²) in [4.78, 5) is 45.4. The number of fused-ring (bicyclic) bond motifs is 1. The third-order valence-electron chi connectivity index (χ3n) is 5.24. The number of ether oxygens (including phenoxy) is 1. The number of nitrogens with one attached hydrogen (secondary N) is 3. The Morgan fingerprint density at radius 1 is 1.18 bits per heavy atom. The number of carbonyl (C=O) groups excluding carboxylic acids is 1. The molecular formula is C21H28N6O6S. The highest BCUT2D eigenvalue weighted by atomic mass is 32.2. The molecule has 0 saturated carbocycles. The topological polar surface area (TPSA) is 159 Å². The van der Waals surface area contributed by atoms with Crippen molar-refractivity contribution in [3.05, 3.63) is 44.9 Å².